The predicted molar refractivity (Wildman–Crippen MR) is 112 cm³/mol. The van der Waals surface area contributed by atoms with Crippen LogP contribution in [0.3, 0.4) is 0 Å². The SMILES string of the molecule is CC(C)NC(=O)C(C)CCC(C)NC(=O)C(C)CCC(C)NC(=O)OC(C)C. The van der Waals surface area contributed by atoms with Gasteiger partial charge >= 0.3 is 6.09 Å². The molecule has 0 aromatic heterocycles. The molecule has 164 valence electrons. The first-order chi connectivity index (χ1) is 12.9. The fourth-order valence-corrected chi connectivity index (χ4v) is 2.67. The number of carbonyl (C=O) groups excluding carboxylic acids is 3. The fourth-order valence-electron chi connectivity index (χ4n) is 2.67. The minimum atomic E-state index is -0.427. The molecule has 3 N–H and O–H groups in total. The van der Waals surface area contributed by atoms with Crippen molar-refractivity contribution in [1.29, 1.82) is 0 Å². The molecule has 0 aliphatic carbocycles. The summed E-state index contributed by atoms with van der Waals surface area (Å²) in [4.78, 5) is 35.9. The monoisotopic (exact) mass is 399 g/mol. The van der Waals surface area contributed by atoms with Crippen LogP contribution >= 0.6 is 0 Å². The number of hydrogen-bond acceptors (Lipinski definition) is 4. The molecule has 0 aromatic carbocycles. The van der Waals surface area contributed by atoms with Crippen LogP contribution in [-0.4, -0.2) is 42.1 Å². The van der Waals surface area contributed by atoms with Crippen LogP contribution in [0.25, 0.3) is 0 Å². The second kappa shape index (κ2) is 13.4. The molecule has 0 aliphatic rings. The van der Waals surface area contributed by atoms with E-state index in [0.29, 0.717) is 12.8 Å². The van der Waals surface area contributed by atoms with Crippen molar-refractivity contribution in [2.45, 2.75) is 105 Å². The van der Waals surface area contributed by atoms with E-state index in [-0.39, 0.29) is 47.9 Å². The Kier molecular flexibility index (Phi) is 12.5. The Hall–Kier alpha value is -1.79. The van der Waals surface area contributed by atoms with E-state index in [9.17, 15) is 14.4 Å². The molecule has 7 heteroatoms. The van der Waals surface area contributed by atoms with Gasteiger partial charge in [0.2, 0.25) is 11.8 Å². The van der Waals surface area contributed by atoms with Gasteiger partial charge in [-0.3, -0.25) is 9.59 Å². The molecule has 28 heavy (non-hydrogen) atoms. The van der Waals surface area contributed by atoms with Crippen LogP contribution in [0.4, 0.5) is 4.79 Å². The molecule has 4 atom stereocenters. The molecule has 0 aromatic rings. The summed E-state index contributed by atoms with van der Waals surface area (Å²) in [6.07, 6.45) is 2.27. The van der Waals surface area contributed by atoms with E-state index >= 15 is 0 Å². The second-order valence-corrected chi connectivity index (χ2v) is 8.53. The minimum absolute atomic E-state index is 0.00346. The summed E-state index contributed by atoms with van der Waals surface area (Å²) in [6.45, 7) is 15.2. The van der Waals surface area contributed by atoms with E-state index in [1.165, 1.54) is 0 Å². The Morgan fingerprint density at radius 2 is 1.07 bits per heavy atom. The molecule has 0 aliphatic heterocycles. The Bertz CT molecular complexity index is 494. The first-order valence-corrected chi connectivity index (χ1v) is 10.5. The standard InChI is InChI=1S/C21H41N3O4/c1-13(2)22-19(25)15(5)9-11-17(7)23-20(26)16(6)10-12-18(8)24-21(27)28-14(3)4/h13-18H,9-12H2,1-8H3,(H,22,25)(H,23,26)(H,24,27). The van der Waals surface area contributed by atoms with Gasteiger partial charge in [-0.2, -0.15) is 0 Å². The zero-order valence-corrected chi connectivity index (χ0v) is 18.9. The third-order valence-corrected chi connectivity index (χ3v) is 4.49. The number of alkyl carbamates (subject to hydrolysis) is 1. The Labute approximate surface area is 170 Å². The highest BCUT2D eigenvalue weighted by atomic mass is 16.6. The van der Waals surface area contributed by atoms with Crippen molar-refractivity contribution < 1.29 is 19.1 Å². The molecule has 0 bridgehead atoms. The van der Waals surface area contributed by atoms with E-state index in [0.717, 1.165) is 12.8 Å². The molecule has 0 radical (unpaired) electrons. The first kappa shape index (κ1) is 26.2. The lowest BCUT2D eigenvalue weighted by Crippen LogP contribution is -2.39. The Morgan fingerprint density at radius 1 is 0.643 bits per heavy atom. The van der Waals surface area contributed by atoms with Crippen molar-refractivity contribution in [3.05, 3.63) is 0 Å². The number of nitrogens with one attached hydrogen (secondary N) is 3. The molecule has 0 spiro atoms. The van der Waals surface area contributed by atoms with Gasteiger partial charge < -0.3 is 20.7 Å². The van der Waals surface area contributed by atoms with Crippen LogP contribution in [0.2, 0.25) is 0 Å². The van der Waals surface area contributed by atoms with Crippen molar-refractivity contribution in [3.8, 4) is 0 Å². The topological polar surface area (TPSA) is 96.5 Å². The van der Waals surface area contributed by atoms with Gasteiger partial charge in [-0.15, -0.1) is 0 Å². The lowest BCUT2D eigenvalue weighted by Gasteiger charge is -2.21. The predicted octanol–water partition coefficient (Wildman–Crippen LogP) is 3.37. The number of amides is 3. The van der Waals surface area contributed by atoms with E-state index < -0.39 is 6.09 Å². The van der Waals surface area contributed by atoms with Gasteiger partial charge in [-0.25, -0.2) is 4.79 Å². The Balaban J connectivity index is 4.15. The molecular weight excluding hydrogens is 358 g/mol. The zero-order valence-electron chi connectivity index (χ0n) is 18.9. The second-order valence-electron chi connectivity index (χ2n) is 8.53. The molecule has 0 rings (SSSR count). The average molecular weight is 400 g/mol. The minimum Gasteiger partial charge on any atom is -0.447 e. The first-order valence-electron chi connectivity index (χ1n) is 10.5. The summed E-state index contributed by atoms with van der Waals surface area (Å²) in [5.74, 6) is -0.158. The zero-order chi connectivity index (χ0) is 21.9. The molecule has 7 nitrogen and oxygen atoms in total. The average Bonchev–Trinajstić information content (AvgIpc) is 2.55. The van der Waals surface area contributed by atoms with Gasteiger partial charge in [-0.05, 0) is 67.2 Å². The lowest BCUT2D eigenvalue weighted by atomic mass is 9.99. The smallest absolute Gasteiger partial charge is 0.407 e. The van der Waals surface area contributed by atoms with Gasteiger partial charge in [0.05, 0.1) is 6.10 Å². The Morgan fingerprint density at radius 3 is 1.50 bits per heavy atom. The highest BCUT2D eigenvalue weighted by Crippen LogP contribution is 2.12. The summed E-state index contributed by atoms with van der Waals surface area (Å²) in [7, 11) is 0. The summed E-state index contributed by atoms with van der Waals surface area (Å²) in [6, 6.07) is 0.0945. The molecule has 0 saturated heterocycles. The molecule has 0 saturated carbocycles. The van der Waals surface area contributed by atoms with Gasteiger partial charge in [0.1, 0.15) is 0 Å². The fraction of sp³-hybridized carbons (Fsp3) is 0.857. The highest BCUT2D eigenvalue weighted by molar-refractivity contribution is 5.79. The van der Waals surface area contributed by atoms with Crippen molar-refractivity contribution in [2.75, 3.05) is 0 Å². The summed E-state index contributed by atoms with van der Waals surface area (Å²) >= 11 is 0. The number of rotatable bonds is 12. The van der Waals surface area contributed by atoms with Crippen LogP contribution in [0.1, 0.15) is 81.1 Å². The van der Waals surface area contributed by atoms with E-state index in [1.54, 1.807) is 13.8 Å². The third-order valence-electron chi connectivity index (χ3n) is 4.49. The molecular formula is C21H41N3O4. The maximum atomic E-state index is 12.4. The summed E-state index contributed by atoms with van der Waals surface area (Å²) < 4.78 is 5.05. The number of ether oxygens (including phenoxy) is 1. The lowest BCUT2D eigenvalue weighted by molar-refractivity contribution is -0.125. The molecule has 3 amide bonds. The summed E-state index contributed by atoms with van der Waals surface area (Å²) in [5, 5.41) is 8.71. The van der Waals surface area contributed by atoms with Crippen molar-refractivity contribution in [3.63, 3.8) is 0 Å². The maximum Gasteiger partial charge on any atom is 0.407 e. The molecule has 0 heterocycles. The van der Waals surface area contributed by atoms with Gasteiger partial charge in [0.25, 0.3) is 0 Å². The van der Waals surface area contributed by atoms with Crippen LogP contribution in [0, 0.1) is 11.8 Å². The normalized spacial score (nSPS) is 15.5. The van der Waals surface area contributed by atoms with Crippen LogP contribution in [0.5, 0.6) is 0 Å². The van der Waals surface area contributed by atoms with Crippen molar-refractivity contribution in [2.24, 2.45) is 11.8 Å². The summed E-state index contributed by atoms with van der Waals surface area (Å²) in [5.41, 5.74) is 0. The molecule has 0 fully saturated rings. The van der Waals surface area contributed by atoms with E-state index in [1.807, 2.05) is 41.5 Å². The van der Waals surface area contributed by atoms with Crippen LogP contribution in [0.15, 0.2) is 0 Å². The van der Waals surface area contributed by atoms with Crippen molar-refractivity contribution >= 4 is 17.9 Å². The highest BCUT2D eigenvalue weighted by Gasteiger charge is 2.19. The largest absolute Gasteiger partial charge is 0.447 e. The molecule has 4 unspecified atom stereocenters. The van der Waals surface area contributed by atoms with Gasteiger partial charge in [0.15, 0.2) is 0 Å². The van der Waals surface area contributed by atoms with Crippen LogP contribution in [-0.2, 0) is 14.3 Å². The maximum absolute atomic E-state index is 12.4. The van der Waals surface area contributed by atoms with Gasteiger partial charge in [0, 0.05) is 30.0 Å². The van der Waals surface area contributed by atoms with Crippen molar-refractivity contribution in [1.82, 2.24) is 16.0 Å². The van der Waals surface area contributed by atoms with Crippen LogP contribution < -0.4 is 16.0 Å². The van der Waals surface area contributed by atoms with E-state index in [4.69, 9.17) is 4.74 Å². The number of carbonyl (C=O) groups is 3. The third kappa shape index (κ3) is 12.6. The quantitative estimate of drug-likeness (QED) is 0.469. The number of hydrogen-bond donors (Lipinski definition) is 3. The van der Waals surface area contributed by atoms with Gasteiger partial charge in [-0.1, -0.05) is 13.8 Å². The van der Waals surface area contributed by atoms with E-state index in [2.05, 4.69) is 16.0 Å².